The average molecular weight is 507 g/mol. The van der Waals surface area contributed by atoms with Gasteiger partial charge in [-0.15, -0.1) is 0 Å². The Kier molecular flexibility index (Phi) is 10.4. The van der Waals surface area contributed by atoms with Crippen LogP contribution in [0.25, 0.3) is 0 Å². The van der Waals surface area contributed by atoms with Crippen LogP contribution in [0, 0.1) is 6.92 Å². The molecule has 0 radical (unpaired) electrons. The van der Waals surface area contributed by atoms with Crippen LogP contribution >= 0.6 is 11.6 Å². The van der Waals surface area contributed by atoms with Crippen LogP contribution in [0.3, 0.4) is 0 Å². The van der Waals surface area contributed by atoms with E-state index in [-0.39, 0.29) is 24.3 Å². The average Bonchev–Trinajstić information content (AvgIpc) is 2.86. The molecule has 0 heterocycles. The topological polar surface area (TPSA) is 58.6 Å². The molecule has 0 unspecified atom stereocenters. The van der Waals surface area contributed by atoms with E-state index in [1.807, 2.05) is 87.5 Å². The summed E-state index contributed by atoms with van der Waals surface area (Å²) < 4.78 is 5.81. The van der Waals surface area contributed by atoms with Gasteiger partial charge in [-0.25, -0.2) is 0 Å². The maximum absolute atomic E-state index is 13.6. The molecule has 3 aromatic rings. The molecule has 0 bridgehead atoms. The molecule has 190 valence electrons. The first-order valence-corrected chi connectivity index (χ1v) is 12.8. The van der Waals surface area contributed by atoms with Crippen LogP contribution in [0.15, 0.2) is 78.9 Å². The van der Waals surface area contributed by atoms with Crippen LogP contribution in [0.4, 0.5) is 0 Å². The van der Waals surface area contributed by atoms with Crippen molar-refractivity contribution in [2.45, 2.75) is 58.7 Å². The monoisotopic (exact) mass is 506 g/mol. The molecule has 3 rings (SSSR count). The molecule has 0 saturated heterocycles. The quantitative estimate of drug-likeness (QED) is 0.308. The van der Waals surface area contributed by atoms with E-state index in [2.05, 4.69) is 5.32 Å². The minimum atomic E-state index is -0.643. The first kappa shape index (κ1) is 27.3. The lowest BCUT2D eigenvalue weighted by Gasteiger charge is -2.32. The molecule has 0 aliphatic carbocycles. The van der Waals surface area contributed by atoms with Crippen molar-refractivity contribution in [1.29, 1.82) is 0 Å². The van der Waals surface area contributed by atoms with Crippen LogP contribution in [-0.2, 0) is 22.6 Å². The highest BCUT2D eigenvalue weighted by Crippen LogP contribution is 2.19. The Balaban J connectivity index is 1.77. The minimum absolute atomic E-state index is 0.0360. The van der Waals surface area contributed by atoms with E-state index >= 15 is 0 Å². The number of nitrogens with zero attached hydrogens (tertiary/aromatic N) is 1. The molecule has 2 amide bonds. The molecule has 36 heavy (non-hydrogen) atoms. The summed E-state index contributed by atoms with van der Waals surface area (Å²) >= 11 is 6.07. The summed E-state index contributed by atoms with van der Waals surface area (Å²) in [5.41, 5.74) is 3.08. The predicted molar refractivity (Wildman–Crippen MR) is 145 cm³/mol. The van der Waals surface area contributed by atoms with E-state index in [1.54, 1.807) is 17.0 Å². The van der Waals surface area contributed by atoms with Crippen LogP contribution < -0.4 is 10.1 Å². The zero-order chi connectivity index (χ0) is 25.9. The molecule has 3 aromatic carbocycles. The number of carbonyl (C=O) groups is 2. The molecule has 6 heteroatoms. The van der Waals surface area contributed by atoms with Gasteiger partial charge in [0, 0.05) is 30.5 Å². The largest absolute Gasteiger partial charge is 0.494 e. The third-order valence-electron chi connectivity index (χ3n) is 5.79. The highest BCUT2D eigenvalue weighted by atomic mass is 35.5. The minimum Gasteiger partial charge on any atom is -0.494 e. The zero-order valence-electron chi connectivity index (χ0n) is 21.2. The normalized spacial score (nSPS) is 11.7. The van der Waals surface area contributed by atoms with Crippen molar-refractivity contribution in [2.24, 2.45) is 0 Å². The van der Waals surface area contributed by atoms with Gasteiger partial charge < -0.3 is 15.0 Å². The smallest absolute Gasteiger partial charge is 0.243 e. The lowest BCUT2D eigenvalue weighted by Crippen LogP contribution is -2.51. The van der Waals surface area contributed by atoms with Gasteiger partial charge in [0.15, 0.2) is 0 Å². The molecule has 5 nitrogen and oxygen atoms in total. The van der Waals surface area contributed by atoms with Crippen LogP contribution in [0.2, 0.25) is 5.02 Å². The number of ether oxygens (including phenoxy) is 1. The lowest BCUT2D eigenvalue weighted by atomic mass is 10.0. The Hall–Kier alpha value is -3.31. The SMILES string of the molecule is Cc1ccc(OCCCC(=O)N(Cc2ccc(Cl)cc2)[C@H](Cc2ccccc2)C(=O)NC(C)C)cc1. The number of nitrogens with one attached hydrogen (secondary N) is 1. The van der Waals surface area contributed by atoms with Gasteiger partial charge in [-0.3, -0.25) is 9.59 Å². The van der Waals surface area contributed by atoms with Crippen LogP contribution in [-0.4, -0.2) is 35.4 Å². The number of benzene rings is 3. The van der Waals surface area contributed by atoms with Gasteiger partial charge in [0.1, 0.15) is 11.8 Å². The van der Waals surface area contributed by atoms with E-state index in [0.29, 0.717) is 31.0 Å². The molecule has 0 aliphatic heterocycles. The first-order valence-electron chi connectivity index (χ1n) is 12.4. The molecular weight excluding hydrogens is 472 g/mol. The van der Waals surface area contributed by atoms with Crippen molar-refractivity contribution in [1.82, 2.24) is 10.2 Å². The second kappa shape index (κ2) is 13.7. The Morgan fingerprint density at radius 3 is 2.22 bits per heavy atom. The Labute approximate surface area is 219 Å². The highest BCUT2D eigenvalue weighted by Gasteiger charge is 2.30. The summed E-state index contributed by atoms with van der Waals surface area (Å²) in [4.78, 5) is 28.6. The summed E-state index contributed by atoms with van der Waals surface area (Å²) in [6.45, 7) is 6.61. The number of amides is 2. The molecule has 0 fully saturated rings. The van der Waals surface area contributed by atoms with Crippen molar-refractivity contribution in [3.8, 4) is 5.75 Å². The van der Waals surface area contributed by atoms with E-state index in [9.17, 15) is 9.59 Å². The maximum Gasteiger partial charge on any atom is 0.243 e. The molecule has 0 aliphatic rings. The highest BCUT2D eigenvalue weighted by molar-refractivity contribution is 6.30. The van der Waals surface area contributed by atoms with Crippen molar-refractivity contribution < 1.29 is 14.3 Å². The second-order valence-corrected chi connectivity index (χ2v) is 9.72. The first-order chi connectivity index (χ1) is 17.3. The molecule has 1 atom stereocenters. The second-order valence-electron chi connectivity index (χ2n) is 9.28. The third-order valence-corrected chi connectivity index (χ3v) is 6.04. The van der Waals surface area contributed by atoms with E-state index in [4.69, 9.17) is 16.3 Å². The van der Waals surface area contributed by atoms with E-state index in [1.165, 1.54) is 5.56 Å². The fraction of sp³-hybridized carbons (Fsp3) is 0.333. The van der Waals surface area contributed by atoms with Gasteiger partial charge in [-0.2, -0.15) is 0 Å². The van der Waals surface area contributed by atoms with Gasteiger partial charge in [0.05, 0.1) is 6.61 Å². The van der Waals surface area contributed by atoms with Crippen molar-refractivity contribution >= 4 is 23.4 Å². The Morgan fingerprint density at radius 2 is 1.58 bits per heavy atom. The van der Waals surface area contributed by atoms with Gasteiger partial charge in [0.25, 0.3) is 0 Å². The number of hydrogen-bond donors (Lipinski definition) is 1. The Bertz CT molecular complexity index is 1100. The van der Waals surface area contributed by atoms with Gasteiger partial charge in [-0.1, -0.05) is 71.8 Å². The summed E-state index contributed by atoms with van der Waals surface area (Å²) in [6.07, 6.45) is 1.26. The fourth-order valence-electron chi connectivity index (χ4n) is 3.91. The molecule has 0 spiro atoms. The number of halogens is 1. The summed E-state index contributed by atoms with van der Waals surface area (Å²) in [5, 5.41) is 3.64. The van der Waals surface area contributed by atoms with Gasteiger partial charge >= 0.3 is 0 Å². The van der Waals surface area contributed by atoms with Gasteiger partial charge in [0.2, 0.25) is 11.8 Å². The summed E-state index contributed by atoms with van der Waals surface area (Å²) in [6, 6.07) is 24.3. The number of rotatable bonds is 12. The van der Waals surface area contributed by atoms with Crippen molar-refractivity contribution in [3.05, 3.63) is 101 Å². The Morgan fingerprint density at radius 1 is 0.917 bits per heavy atom. The molecular formula is C30H35ClN2O3. The third kappa shape index (κ3) is 8.72. The fourth-order valence-corrected chi connectivity index (χ4v) is 4.04. The standard InChI is InChI=1S/C30H35ClN2O3/c1-22(2)32-30(35)28(20-24-8-5-4-6-9-24)33(21-25-13-15-26(31)16-14-25)29(34)10-7-19-36-27-17-11-23(3)12-18-27/h4-6,8-9,11-18,22,28H,7,10,19-21H2,1-3H3,(H,32,35)/t28-/m1/s1. The number of carbonyl (C=O) groups excluding carboxylic acids is 2. The lowest BCUT2D eigenvalue weighted by molar-refractivity contribution is -0.141. The number of aryl methyl sites for hydroxylation is 1. The van der Waals surface area contributed by atoms with Crippen molar-refractivity contribution in [3.63, 3.8) is 0 Å². The van der Waals surface area contributed by atoms with Gasteiger partial charge in [-0.05, 0) is 62.6 Å². The molecule has 1 N–H and O–H groups in total. The van der Waals surface area contributed by atoms with E-state index < -0.39 is 6.04 Å². The van der Waals surface area contributed by atoms with E-state index in [0.717, 1.165) is 16.9 Å². The van der Waals surface area contributed by atoms with Crippen LogP contribution in [0.1, 0.15) is 43.4 Å². The molecule has 0 saturated carbocycles. The van der Waals surface area contributed by atoms with Crippen molar-refractivity contribution in [2.75, 3.05) is 6.61 Å². The number of hydrogen-bond acceptors (Lipinski definition) is 3. The predicted octanol–water partition coefficient (Wildman–Crippen LogP) is 5.97. The maximum atomic E-state index is 13.6. The zero-order valence-corrected chi connectivity index (χ0v) is 22.0. The summed E-state index contributed by atoms with van der Waals surface area (Å²) in [7, 11) is 0. The molecule has 0 aromatic heterocycles. The summed E-state index contributed by atoms with van der Waals surface area (Å²) in [5.74, 6) is 0.536. The van der Waals surface area contributed by atoms with Crippen LogP contribution in [0.5, 0.6) is 5.75 Å².